The average Bonchev–Trinajstić information content (AvgIpc) is 2.99. The summed E-state index contributed by atoms with van der Waals surface area (Å²) < 4.78 is 60.4. The number of carbonyl (C=O) groups excluding carboxylic acids is 1. The number of nitrogens with zero attached hydrogens (tertiary/aromatic N) is 2. The molecule has 0 heterocycles. The van der Waals surface area contributed by atoms with E-state index < -0.39 is 26.0 Å². The first-order chi connectivity index (χ1) is 20.4. The number of halogens is 1. The quantitative estimate of drug-likeness (QED) is 0.215. The molecule has 226 valence electrons. The molecule has 0 aromatic heterocycles. The predicted molar refractivity (Wildman–Crippen MR) is 168 cm³/mol. The zero-order valence-electron chi connectivity index (χ0n) is 23.9. The number of sulfonamides is 2. The van der Waals surface area contributed by atoms with Gasteiger partial charge in [-0.05, 0) is 73.2 Å². The van der Waals surface area contributed by atoms with Gasteiger partial charge in [0.2, 0.25) is 10.0 Å². The van der Waals surface area contributed by atoms with Gasteiger partial charge >= 0.3 is 0 Å². The van der Waals surface area contributed by atoms with Crippen LogP contribution in [0.3, 0.4) is 0 Å². The van der Waals surface area contributed by atoms with Gasteiger partial charge in [0.15, 0.2) is 0 Å². The van der Waals surface area contributed by atoms with Crippen molar-refractivity contribution < 1.29 is 26.4 Å². The molecule has 0 aliphatic rings. The zero-order chi connectivity index (χ0) is 31.2. The minimum absolute atomic E-state index is 0.0275. The lowest BCUT2D eigenvalue weighted by molar-refractivity contribution is 0.0947. The molecule has 0 unspecified atom stereocenters. The largest absolute Gasteiger partial charge is 0.492 e. The molecule has 0 fully saturated rings. The molecule has 12 heteroatoms. The van der Waals surface area contributed by atoms with E-state index in [9.17, 15) is 21.6 Å². The summed E-state index contributed by atoms with van der Waals surface area (Å²) in [5.41, 5.74) is 1.99. The van der Waals surface area contributed by atoms with Gasteiger partial charge in [0.25, 0.3) is 15.9 Å². The van der Waals surface area contributed by atoms with E-state index in [0.717, 1.165) is 9.87 Å². The highest BCUT2D eigenvalue weighted by Crippen LogP contribution is 2.30. The van der Waals surface area contributed by atoms with Crippen LogP contribution >= 0.6 is 11.6 Å². The highest BCUT2D eigenvalue weighted by Gasteiger charge is 2.28. The number of ether oxygens (including phenoxy) is 1. The standard InChI is InChI=1S/C31H32ClN3O6S2/c1-23-8-16-28(17-9-23)43(39,40)35(22-24-10-12-25(32)13-11-24)30-7-5-4-6-29(30)31(36)33-20-21-41-26-14-18-27(19-15-26)42(37,38)34(2)3/h4-19H,20-22H2,1-3H3,(H,33,36). The maximum Gasteiger partial charge on any atom is 0.264 e. The Morgan fingerprint density at radius 1 is 0.791 bits per heavy atom. The van der Waals surface area contributed by atoms with Gasteiger partial charge < -0.3 is 10.1 Å². The summed E-state index contributed by atoms with van der Waals surface area (Å²) in [6, 6.07) is 25.8. The fourth-order valence-electron chi connectivity index (χ4n) is 4.12. The monoisotopic (exact) mass is 641 g/mol. The first-order valence-electron chi connectivity index (χ1n) is 13.3. The van der Waals surface area contributed by atoms with Gasteiger partial charge in [0.05, 0.1) is 34.1 Å². The molecule has 4 aromatic carbocycles. The topological polar surface area (TPSA) is 113 Å². The van der Waals surface area contributed by atoms with Crippen molar-refractivity contribution in [1.82, 2.24) is 9.62 Å². The number of rotatable bonds is 12. The molecule has 9 nitrogen and oxygen atoms in total. The Kier molecular flexibility index (Phi) is 10.1. The summed E-state index contributed by atoms with van der Waals surface area (Å²) in [6.45, 7) is 2.06. The van der Waals surface area contributed by atoms with Crippen molar-refractivity contribution in [3.8, 4) is 5.75 Å². The van der Waals surface area contributed by atoms with Crippen LogP contribution in [0.5, 0.6) is 5.75 Å². The maximum absolute atomic E-state index is 13.9. The van der Waals surface area contributed by atoms with E-state index in [1.165, 1.54) is 42.7 Å². The molecule has 0 aliphatic carbocycles. The van der Waals surface area contributed by atoms with Crippen LogP contribution in [0.2, 0.25) is 5.02 Å². The number of aryl methyl sites for hydroxylation is 1. The van der Waals surface area contributed by atoms with Crippen LogP contribution in [0.1, 0.15) is 21.5 Å². The van der Waals surface area contributed by atoms with E-state index in [4.69, 9.17) is 16.3 Å². The van der Waals surface area contributed by atoms with E-state index in [2.05, 4.69) is 5.32 Å². The summed E-state index contributed by atoms with van der Waals surface area (Å²) in [6.07, 6.45) is 0. The molecule has 4 rings (SSSR count). The fourth-order valence-corrected chi connectivity index (χ4v) is 6.62. The van der Waals surface area contributed by atoms with Gasteiger partial charge in [-0.2, -0.15) is 0 Å². The third-order valence-corrected chi connectivity index (χ3v) is 10.4. The third kappa shape index (κ3) is 7.74. The van der Waals surface area contributed by atoms with Crippen LogP contribution in [0.25, 0.3) is 0 Å². The Labute approximate surface area is 257 Å². The fraction of sp³-hybridized carbons (Fsp3) is 0.194. The van der Waals surface area contributed by atoms with Crippen molar-refractivity contribution in [3.63, 3.8) is 0 Å². The van der Waals surface area contributed by atoms with Crippen LogP contribution in [-0.2, 0) is 26.6 Å². The van der Waals surface area contributed by atoms with Crippen LogP contribution < -0.4 is 14.4 Å². The Bertz CT molecular complexity index is 1780. The molecule has 0 bridgehead atoms. The van der Waals surface area contributed by atoms with Crippen LogP contribution in [-0.4, -0.2) is 54.3 Å². The van der Waals surface area contributed by atoms with Crippen molar-refractivity contribution in [3.05, 3.63) is 119 Å². The predicted octanol–water partition coefficient (Wildman–Crippen LogP) is 5.10. The summed E-state index contributed by atoms with van der Waals surface area (Å²) in [7, 11) is -4.71. The number of hydrogen-bond acceptors (Lipinski definition) is 6. The van der Waals surface area contributed by atoms with Crippen LogP contribution in [0.15, 0.2) is 107 Å². The number of para-hydroxylation sites is 1. The molecule has 0 atom stereocenters. The lowest BCUT2D eigenvalue weighted by Gasteiger charge is -2.27. The molecule has 4 aromatic rings. The highest BCUT2D eigenvalue weighted by atomic mass is 35.5. The van der Waals surface area contributed by atoms with Gasteiger partial charge in [0, 0.05) is 19.1 Å². The van der Waals surface area contributed by atoms with Crippen molar-refractivity contribution in [1.29, 1.82) is 0 Å². The molecular weight excluding hydrogens is 610 g/mol. The first kappa shape index (κ1) is 32.0. The summed E-state index contributed by atoms with van der Waals surface area (Å²) in [4.78, 5) is 13.6. The Morgan fingerprint density at radius 3 is 2.00 bits per heavy atom. The maximum atomic E-state index is 13.9. The minimum Gasteiger partial charge on any atom is -0.492 e. The molecule has 0 saturated heterocycles. The normalized spacial score (nSPS) is 11.7. The van der Waals surface area contributed by atoms with Crippen molar-refractivity contribution in [2.75, 3.05) is 31.6 Å². The second-order valence-electron chi connectivity index (χ2n) is 9.83. The second kappa shape index (κ2) is 13.6. The SMILES string of the molecule is Cc1ccc(S(=O)(=O)N(Cc2ccc(Cl)cc2)c2ccccc2C(=O)NCCOc2ccc(S(=O)(=O)N(C)C)cc2)cc1. The number of carbonyl (C=O) groups is 1. The molecule has 1 amide bonds. The minimum atomic E-state index is -4.07. The smallest absolute Gasteiger partial charge is 0.264 e. The highest BCUT2D eigenvalue weighted by molar-refractivity contribution is 7.92. The molecule has 0 spiro atoms. The number of amides is 1. The van der Waals surface area contributed by atoms with Gasteiger partial charge in [-0.1, -0.05) is 53.6 Å². The number of benzene rings is 4. The van der Waals surface area contributed by atoms with Crippen LogP contribution in [0, 0.1) is 6.92 Å². The van der Waals surface area contributed by atoms with Gasteiger partial charge in [-0.25, -0.2) is 21.1 Å². The lowest BCUT2D eigenvalue weighted by atomic mass is 10.1. The number of anilines is 1. The molecule has 1 N–H and O–H groups in total. The molecular formula is C31H32ClN3O6S2. The summed E-state index contributed by atoms with van der Waals surface area (Å²) in [5, 5.41) is 3.30. The van der Waals surface area contributed by atoms with Crippen LogP contribution in [0.4, 0.5) is 5.69 Å². The molecule has 43 heavy (non-hydrogen) atoms. The van der Waals surface area contributed by atoms with E-state index in [1.54, 1.807) is 72.8 Å². The van der Waals surface area contributed by atoms with Gasteiger partial charge in [0.1, 0.15) is 12.4 Å². The molecule has 0 saturated carbocycles. The van der Waals surface area contributed by atoms with Gasteiger partial charge in [-0.15, -0.1) is 0 Å². The van der Waals surface area contributed by atoms with E-state index >= 15 is 0 Å². The number of hydrogen-bond donors (Lipinski definition) is 1. The van der Waals surface area contributed by atoms with Crippen molar-refractivity contribution in [2.45, 2.75) is 23.3 Å². The summed E-state index contributed by atoms with van der Waals surface area (Å²) >= 11 is 6.05. The first-order valence-corrected chi connectivity index (χ1v) is 16.5. The zero-order valence-corrected chi connectivity index (χ0v) is 26.3. The van der Waals surface area contributed by atoms with Crippen molar-refractivity contribution >= 4 is 43.2 Å². The lowest BCUT2D eigenvalue weighted by Crippen LogP contribution is -2.34. The molecule has 0 radical (unpaired) electrons. The second-order valence-corrected chi connectivity index (χ2v) is 14.3. The van der Waals surface area contributed by atoms with E-state index in [-0.39, 0.29) is 40.7 Å². The number of nitrogens with one attached hydrogen (secondary N) is 1. The average molecular weight is 642 g/mol. The molecule has 0 aliphatic heterocycles. The third-order valence-electron chi connectivity index (χ3n) is 6.52. The summed E-state index contributed by atoms with van der Waals surface area (Å²) in [5.74, 6) is -0.0440. The Balaban J connectivity index is 1.53. The van der Waals surface area contributed by atoms with E-state index in [1.807, 2.05) is 6.92 Å². The van der Waals surface area contributed by atoms with Gasteiger partial charge in [-0.3, -0.25) is 9.10 Å². The Morgan fingerprint density at radius 2 is 1.37 bits per heavy atom. The Hall–Kier alpha value is -3.90. The van der Waals surface area contributed by atoms with E-state index in [0.29, 0.717) is 16.3 Å². The van der Waals surface area contributed by atoms with Crippen molar-refractivity contribution in [2.24, 2.45) is 0 Å².